The number of hydrogen-bond acceptors (Lipinski definition) is 5. The van der Waals surface area contributed by atoms with E-state index in [0.29, 0.717) is 30.1 Å². The van der Waals surface area contributed by atoms with E-state index in [4.69, 9.17) is 15.9 Å². The van der Waals surface area contributed by atoms with E-state index in [1.54, 1.807) is 12.0 Å². The number of benzene rings is 2. The monoisotopic (exact) mass is 499 g/mol. The molecule has 2 aromatic rings. The van der Waals surface area contributed by atoms with Gasteiger partial charge in [0.1, 0.15) is 17.3 Å². The number of fused-ring (bicyclic) bond motifs is 1. The minimum absolute atomic E-state index is 0.149. The number of primary amides is 1. The molecule has 2 heterocycles. The molecule has 1 unspecified atom stereocenters. The molecule has 2 aromatic carbocycles. The van der Waals surface area contributed by atoms with E-state index >= 15 is 0 Å². The second kappa shape index (κ2) is 9.10. The number of rotatable bonds is 6. The zero-order chi connectivity index (χ0) is 26.5. The fraction of sp³-hybridized carbons (Fsp3) is 0.345. The van der Waals surface area contributed by atoms with Crippen LogP contribution in [0, 0.1) is 10.8 Å². The van der Waals surface area contributed by atoms with Gasteiger partial charge in [-0.3, -0.25) is 15.0 Å². The Morgan fingerprint density at radius 2 is 1.73 bits per heavy atom. The van der Waals surface area contributed by atoms with Crippen LogP contribution in [0.4, 0.5) is 11.4 Å². The minimum Gasteiger partial charge on any atom is -0.497 e. The topological polar surface area (TPSA) is 103 Å². The Bertz CT molecular complexity index is 1320. The molecule has 3 aliphatic rings. The van der Waals surface area contributed by atoms with Gasteiger partial charge in [-0.1, -0.05) is 6.92 Å². The fourth-order valence-corrected chi connectivity index (χ4v) is 5.49. The molecule has 0 radical (unpaired) electrons. The Morgan fingerprint density at radius 1 is 1.11 bits per heavy atom. The summed E-state index contributed by atoms with van der Waals surface area (Å²) in [7, 11) is 5.29. The Kier molecular flexibility index (Phi) is 6.06. The van der Waals surface area contributed by atoms with Crippen molar-refractivity contribution in [2.45, 2.75) is 32.2 Å². The highest BCUT2D eigenvalue weighted by atomic mass is 16.5. The highest BCUT2D eigenvalue weighted by Gasteiger charge is 2.57. The van der Waals surface area contributed by atoms with E-state index in [2.05, 4.69) is 4.90 Å². The molecular weight excluding hydrogens is 466 g/mol. The van der Waals surface area contributed by atoms with Crippen LogP contribution in [-0.4, -0.2) is 56.3 Å². The number of anilines is 2. The minimum atomic E-state index is -0.487. The predicted molar refractivity (Wildman–Crippen MR) is 145 cm³/mol. The Balaban J connectivity index is 1.63. The number of methoxy groups -OCH3 is 1. The van der Waals surface area contributed by atoms with Gasteiger partial charge in [0.2, 0.25) is 5.91 Å². The average molecular weight is 500 g/mol. The van der Waals surface area contributed by atoms with Gasteiger partial charge < -0.3 is 25.2 Å². The highest BCUT2D eigenvalue weighted by Crippen LogP contribution is 2.60. The van der Waals surface area contributed by atoms with Crippen LogP contribution in [-0.2, 0) is 9.59 Å². The second-order valence-corrected chi connectivity index (χ2v) is 10.2. The quantitative estimate of drug-likeness (QED) is 0.466. The van der Waals surface area contributed by atoms with Crippen LogP contribution in [0.1, 0.15) is 31.7 Å². The van der Waals surface area contributed by atoms with E-state index in [1.165, 1.54) is 0 Å². The summed E-state index contributed by atoms with van der Waals surface area (Å²) in [6.45, 7) is 2.53. The van der Waals surface area contributed by atoms with Crippen molar-refractivity contribution in [2.24, 2.45) is 11.1 Å². The summed E-state index contributed by atoms with van der Waals surface area (Å²) in [6.07, 6.45) is 4.41. The Morgan fingerprint density at radius 3 is 2.24 bits per heavy atom. The molecule has 8 nitrogen and oxygen atoms in total. The van der Waals surface area contributed by atoms with Crippen LogP contribution in [0.2, 0.25) is 0 Å². The first-order valence-corrected chi connectivity index (χ1v) is 12.6. The van der Waals surface area contributed by atoms with Gasteiger partial charge in [0, 0.05) is 54.1 Å². The standard InChI is InChI=1S/C29H33N5O3/c1-5-19-16-23(27(31)35)24-25(34(19)21-10-12-22(37-4)13-11-21)28(36)33(17-29(24)14-15-29)20-8-6-18(7-9-20)26(30)32(2)3/h6-13,16,19,30H,5,14-15,17H2,1-4H3,(H2,31,35). The maximum atomic E-state index is 14.3. The molecule has 1 saturated carbocycles. The molecule has 1 atom stereocenters. The van der Waals surface area contributed by atoms with Crippen molar-refractivity contribution in [1.29, 1.82) is 5.41 Å². The number of carbonyl (C=O) groups excluding carboxylic acids is 2. The highest BCUT2D eigenvalue weighted by molar-refractivity contribution is 6.14. The molecule has 8 heteroatoms. The van der Waals surface area contributed by atoms with Crippen LogP contribution in [0.25, 0.3) is 0 Å². The summed E-state index contributed by atoms with van der Waals surface area (Å²) in [6, 6.07) is 15.0. The largest absolute Gasteiger partial charge is 0.497 e. The molecule has 0 saturated heterocycles. The fourth-order valence-electron chi connectivity index (χ4n) is 5.49. The smallest absolute Gasteiger partial charge is 0.275 e. The van der Waals surface area contributed by atoms with E-state index < -0.39 is 5.91 Å². The van der Waals surface area contributed by atoms with Gasteiger partial charge in [-0.05, 0) is 73.9 Å². The molecule has 2 aliphatic heterocycles. The number of hydrogen-bond donors (Lipinski definition) is 2. The molecule has 37 heavy (non-hydrogen) atoms. The second-order valence-electron chi connectivity index (χ2n) is 10.2. The van der Waals surface area contributed by atoms with Crippen molar-refractivity contribution in [3.63, 3.8) is 0 Å². The average Bonchev–Trinajstić information content (AvgIpc) is 3.69. The molecule has 0 bridgehead atoms. The van der Waals surface area contributed by atoms with Gasteiger partial charge in [-0.15, -0.1) is 0 Å². The van der Waals surface area contributed by atoms with E-state index in [-0.39, 0.29) is 17.4 Å². The molecule has 1 spiro atoms. The number of nitrogens with one attached hydrogen (secondary N) is 1. The molecule has 2 amide bonds. The summed E-state index contributed by atoms with van der Waals surface area (Å²) in [5.41, 5.74) is 9.80. The third kappa shape index (κ3) is 4.06. The molecular formula is C29H33N5O3. The van der Waals surface area contributed by atoms with Crippen molar-refractivity contribution in [3.8, 4) is 5.75 Å². The van der Waals surface area contributed by atoms with Crippen molar-refractivity contribution < 1.29 is 14.3 Å². The number of nitrogens with zero attached hydrogens (tertiary/aromatic N) is 3. The van der Waals surface area contributed by atoms with Gasteiger partial charge in [-0.2, -0.15) is 0 Å². The van der Waals surface area contributed by atoms with Gasteiger partial charge in [-0.25, -0.2) is 0 Å². The first-order valence-electron chi connectivity index (χ1n) is 12.6. The van der Waals surface area contributed by atoms with Crippen molar-refractivity contribution in [3.05, 3.63) is 77.0 Å². The number of nitrogens with two attached hydrogens (primary N) is 1. The van der Waals surface area contributed by atoms with Crippen LogP contribution < -0.4 is 20.3 Å². The normalized spacial score (nSPS) is 19.9. The number of amides is 2. The zero-order valence-corrected chi connectivity index (χ0v) is 21.7. The lowest BCUT2D eigenvalue weighted by Crippen LogP contribution is -2.53. The molecule has 192 valence electrons. The van der Waals surface area contributed by atoms with E-state index in [1.807, 2.05) is 80.5 Å². The molecule has 1 aliphatic carbocycles. The third-order valence-electron chi connectivity index (χ3n) is 7.66. The van der Waals surface area contributed by atoms with E-state index in [0.717, 1.165) is 41.1 Å². The first-order chi connectivity index (χ1) is 17.7. The molecule has 5 rings (SSSR count). The van der Waals surface area contributed by atoms with Crippen LogP contribution in [0.5, 0.6) is 5.75 Å². The van der Waals surface area contributed by atoms with Gasteiger partial charge in [0.25, 0.3) is 5.91 Å². The zero-order valence-electron chi connectivity index (χ0n) is 21.7. The number of ether oxygens (including phenoxy) is 1. The van der Waals surface area contributed by atoms with Crippen LogP contribution in [0.15, 0.2) is 71.5 Å². The summed E-state index contributed by atoms with van der Waals surface area (Å²) >= 11 is 0. The van der Waals surface area contributed by atoms with Crippen molar-refractivity contribution >= 4 is 29.0 Å². The summed E-state index contributed by atoms with van der Waals surface area (Å²) in [5, 5.41) is 8.26. The van der Waals surface area contributed by atoms with Crippen molar-refractivity contribution in [2.75, 3.05) is 37.5 Å². The summed E-state index contributed by atoms with van der Waals surface area (Å²) in [4.78, 5) is 32.6. The predicted octanol–water partition coefficient (Wildman–Crippen LogP) is 3.67. The number of amidine groups is 1. The maximum absolute atomic E-state index is 14.3. The third-order valence-corrected chi connectivity index (χ3v) is 7.66. The SMILES string of the molecule is CCC1C=C(C(N)=O)C2=C(C(=O)N(c3ccc(C(=N)N(C)C)cc3)CC23CC3)N1c1ccc(OC)cc1. The lowest BCUT2D eigenvalue weighted by atomic mass is 9.79. The van der Waals surface area contributed by atoms with Gasteiger partial charge in [0.15, 0.2) is 0 Å². The molecule has 0 aromatic heterocycles. The van der Waals surface area contributed by atoms with Crippen LogP contribution in [0.3, 0.4) is 0 Å². The lowest BCUT2D eigenvalue weighted by molar-refractivity contribution is -0.116. The Labute approximate surface area is 217 Å². The summed E-state index contributed by atoms with van der Waals surface area (Å²) < 4.78 is 5.35. The maximum Gasteiger partial charge on any atom is 0.275 e. The van der Waals surface area contributed by atoms with Crippen molar-refractivity contribution in [1.82, 2.24) is 4.90 Å². The summed E-state index contributed by atoms with van der Waals surface area (Å²) in [5.74, 6) is 0.499. The Hall–Kier alpha value is -4.07. The molecule has 3 N–H and O–H groups in total. The lowest BCUT2D eigenvalue weighted by Gasteiger charge is -2.45. The van der Waals surface area contributed by atoms with E-state index in [9.17, 15) is 9.59 Å². The molecule has 1 fully saturated rings. The number of carbonyl (C=O) groups is 2. The first kappa shape index (κ1) is 24.6. The van der Waals surface area contributed by atoms with Gasteiger partial charge in [0.05, 0.1) is 13.2 Å². The van der Waals surface area contributed by atoms with Crippen LogP contribution >= 0.6 is 0 Å². The van der Waals surface area contributed by atoms with Gasteiger partial charge >= 0.3 is 0 Å².